The van der Waals surface area contributed by atoms with Crippen molar-refractivity contribution in [2.45, 2.75) is 19.9 Å². The van der Waals surface area contributed by atoms with E-state index in [9.17, 15) is 9.59 Å². The van der Waals surface area contributed by atoms with Gasteiger partial charge in [-0.2, -0.15) is 0 Å². The molecule has 2 heterocycles. The molecule has 0 bridgehead atoms. The van der Waals surface area contributed by atoms with Crippen molar-refractivity contribution >= 4 is 5.91 Å². The summed E-state index contributed by atoms with van der Waals surface area (Å²) >= 11 is 0. The molecule has 0 atom stereocenters. The van der Waals surface area contributed by atoms with E-state index in [1.165, 1.54) is 10.6 Å². The van der Waals surface area contributed by atoms with E-state index in [0.29, 0.717) is 12.3 Å². The lowest BCUT2D eigenvalue weighted by Gasteiger charge is -2.19. The lowest BCUT2D eigenvalue weighted by molar-refractivity contribution is 0.0688. The first-order chi connectivity index (χ1) is 10.7. The van der Waals surface area contributed by atoms with Crippen molar-refractivity contribution in [3.8, 4) is 0 Å². The van der Waals surface area contributed by atoms with Gasteiger partial charge >= 0.3 is 0 Å². The third kappa shape index (κ3) is 3.85. The van der Waals surface area contributed by atoms with E-state index < -0.39 is 0 Å². The maximum absolute atomic E-state index is 12.3. The smallest absolute Gasteiger partial charge is 0.289 e. The number of rotatable bonds is 7. The number of aliphatic hydroxyl groups excluding tert-OH is 1. The summed E-state index contributed by atoms with van der Waals surface area (Å²) in [6.07, 6.45) is 2.47. The summed E-state index contributed by atoms with van der Waals surface area (Å²) in [5, 5.41) is 9.03. The second-order valence-corrected chi connectivity index (χ2v) is 4.95. The van der Waals surface area contributed by atoms with Crippen molar-refractivity contribution in [2.24, 2.45) is 0 Å². The zero-order valence-corrected chi connectivity index (χ0v) is 12.6. The predicted octanol–water partition coefficient (Wildman–Crippen LogP) is 1.33. The van der Waals surface area contributed by atoms with E-state index in [1.807, 2.05) is 6.92 Å². The first-order valence-electron chi connectivity index (χ1n) is 7.30. The molecule has 2 aromatic heterocycles. The topological polar surface area (TPSA) is 75.7 Å². The van der Waals surface area contributed by atoms with Crippen LogP contribution in [-0.2, 0) is 6.54 Å². The standard InChI is InChI=1S/C16H20N2O4/c1-2-8-17(10-11-19)16(21)14-7-6-13(22-14)12-18-9-4-3-5-15(18)20/h3-7,9,19H,2,8,10-12H2,1H3. The van der Waals surface area contributed by atoms with Crippen LogP contribution in [0, 0.1) is 0 Å². The number of hydrogen-bond acceptors (Lipinski definition) is 4. The van der Waals surface area contributed by atoms with Gasteiger partial charge in [-0.25, -0.2) is 0 Å². The Morgan fingerprint density at radius 2 is 2.09 bits per heavy atom. The first-order valence-corrected chi connectivity index (χ1v) is 7.30. The highest BCUT2D eigenvalue weighted by Crippen LogP contribution is 2.12. The zero-order chi connectivity index (χ0) is 15.9. The lowest BCUT2D eigenvalue weighted by Crippen LogP contribution is -2.34. The van der Waals surface area contributed by atoms with Gasteiger partial charge in [0.1, 0.15) is 5.76 Å². The molecule has 1 amide bonds. The minimum atomic E-state index is -0.248. The van der Waals surface area contributed by atoms with Gasteiger partial charge in [0.2, 0.25) is 0 Å². The molecular formula is C16H20N2O4. The molecule has 0 radical (unpaired) electrons. The number of hydrogen-bond donors (Lipinski definition) is 1. The second kappa shape index (κ2) is 7.61. The van der Waals surface area contributed by atoms with Crippen LogP contribution in [0.4, 0.5) is 0 Å². The van der Waals surface area contributed by atoms with Gasteiger partial charge in [-0.1, -0.05) is 13.0 Å². The fourth-order valence-electron chi connectivity index (χ4n) is 2.20. The largest absolute Gasteiger partial charge is 0.454 e. The van der Waals surface area contributed by atoms with Gasteiger partial charge < -0.3 is 19.0 Å². The molecule has 0 aliphatic heterocycles. The first kappa shape index (κ1) is 16.0. The van der Waals surface area contributed by atoms with Crippen LogP contribution in [0.5, 0.6) is 0 Å². The van der Waals surface area contributed by atoms with E-state index in [1.54, 1.807) is 35.4 Å². The molecule has 0 saturated heterocycles. The quantitative estimate of drug-likeness (QED) is 0.837. The SMILES string of the molecule is CCCN(CCO)C(=O)c1ccc(Cn2ccccc2=O)o1. The minimum Gasteiger partial charge on any atom is -0.454 e. The van der Waals surface area contributed by atoms with Crippen LogP contribution in [0.1, 0.15) is 29.7 Å². The van der Waals surface area contributed by atoms with Crippen LogP contribution in [-0.4, -0.2) is 40.2 Å². The number of furan rings is 1. The van der Waals surface area contributed by atoms with Crippen molar-refractivity contribution in [2.75, 3.05) is 19.7 Å². The molecular weight excluding hydrogens is 284 g/mol. The number of carbonyl (C=O) groups is 1. The Bertz CT molecular complexity index is 669. The number of carbonyl (C=O) groups excluding carboxylic acids is 1. The molecule has 1 N–H and O–H groups in total. The van der Waals surface area contributed by atoms with Gasteiger partial charge in [-0.3, -0.25) is 9.59 Å². The summed E-state index contributed by atoms with van der Waals surface area (Å²) in [6.45, 7) is 3.00. The van der Waals surface area contributed by atoms with Crippen LogP contribution in [0.25, 0.3) is 0 Å². The van der Waals surface area contributed by atoms with E-state index in [-0.39, 0.29) is 36.9 Å². The number of aliphatic hydroxyl groups is 1. The fraction of sp³-hybridized carbons (Fsp3) is 0.375. The Kier molecular flexibility index (Phi) is 5.55. The zero-order valence-electron chi connectivity index (χ0n) is 12.6. The highest BCUT2D eigenvalue weighted by Gasteiger charge is 2.18. The fourth-order valence-corrected chi connectivity index (χ4v) is 2.20. The van der Waals surface area contributed by atoms with Crippen molar-refractivity contribution in [1.29, 1.82) is 0 Å². The van der Waals surface area contributed by atoms with Crippen LogP contribution in [0.3, 0.4) is 0 Å². The molecule has 2 aromatic rings. The van der Waals surface area contributed by atoms with Gasteiger partial charge in [-0.15, -0.1) is 0 Å². The maximum Gasteiger partial charge on any atom is 0.289 e. The molecule has 0 aromatic carbocycles. The molecule has 0 spiro atoms. The number of nitrogens with zero attached hydrogens (tertiary/aromatic N) is 2. The maximum atomic E-state index is 12.3. The summed E-state index contributed by atoms with van der Waals surface area (Å²) in [7, 11) is 0. The minimum absolute atomic E-state index is 0.0846. The van der Waals surface area contributed by atoms with Crippen LogP contribution in [0.2, 0.25) is 0 Å². The molecule has 0 aliphatic rings. The van der Waals surface area contributed by atoms with Crippen molar-refractivity contribution < 1.29 is 14.3 Å². The number of pyridine rings is 1. The highest BCUT2D eigenvalue weighted by atomic mass is 16.4. The van der Waals surface area contributed by atoms with E-state index in [4.69, 9.17) is 9.52 Å². The van der Waals surface area contributed by atoms with Gasteiger partial charge in [0.25, 0.3) is 11.5 Å². The molecule has 118 valence electrons. The summed E-state index contributed by atoms with van der Waals surface area (Å²) < 4.78 is 7.05. The summed E-state index contributed by atoms with van der Waals surface area (Å²) in [5.74, 6) is 0.514. The van der Waals surface area contributed by atoms with Gasteiger partial charge in [-0.05, 0) is 24.6 Å². The molecule has 6 heteroatoms. The second-order valence-electron chi connectivity index (χ2n) is 4.95. The molecule has 0 fully saturated rings. The van der Waals surface area contributed by atoms with Crippen molar-refractivity contribution in [1.82, 2.24) is 9.47 Å². The van der Waals surface area contributed by atoms with Gasteiger partial charge in [0.15, 0.2) is 5.76 Å². The Labute approximate surface area is 128 Å². The van der Waals surface area contributed by atoms with Gasteiger partial charge in [0, 0.05) is 25.4 Å². The molecule has 6 nitrogen and oxygen atoms in total. The Morgan fingerprint density at radius 1 is 1.27 bits per heavy atom. The van der Waals surface area contributed by atoms with E-state index >= 15 is 0 Å². The highest BCUT2D eigenvalue weighted by molar-refractivity contribution is 5.91. The third-order valence-electron chi connectivity index (χ3n) is 3.25. The summed E-state index contributed by atoms with van der Waals surface area (Å²) in [5.41, 5.74) is -0.125. The third-order valence-corrected chi connectivity index (χ3v) is 3.25. The molecule has 0 saturated carbocycles. The van der Waals surface area contributed by atoms with Crippen LogP contribution >= 0.6 is 0 Å². The van der Waals surface area contributed by atoms with Gasteiger partial charge in [0.05, 0.1) is 13.2 Å². The average molecular weight is 304 g/mol. The monoisotopic (exact) mass is 304 g/mol. The average Bonchev–Trinajstić information content (AvgIpc) is 2.97. The normalized spacial score (nSPS) is 10.6. The molecule has 2 rings (SSSR count). The van der Waals surface area contributed by atoms with Crippen LogP contribution in [0.15, 0.2) is 45.7 Å². The Balaban J connectivity index is 2.12. The Morgan fingerprint density at radius 3 is 2.77 bits per heavy atom. The number of aromatic nitrogens is 1. The Hall–Kier alpha value is -2.34. The van der Waals surface area contributed by atoms with E-state index in [2.05, 4.69) is 0 Å². The summed E-state index contributed by atoms with van der Waals surface area (Å²) in [4.78, 5) is 25.5. The molecule has 0 unspecified atom stereocenters. The van der Waals surface area contributed by atoms with E-state index in [0.717, 1.165) is 6.42 Å². The lowest BCUT2D eigenvalue weighted by atomic mass is 10.3. The molecule has 22 heavy (non-hydrogen) atoms. The molecule has 0 aliphatic carbocycles. The predicted molar refractivity (Wildman–Crippen MR) is 81.8 cm³/mol. The summed E-state index contributed by atoms with van der Waals surface area (Å²) in [6, 6.07) is 8.20. The number of amides is 1. The van der Waals surface area contributed by atoms with Crippen molar-refractivity contribution in [3.63, 3.8) is 0 Å². The van der Waals surface area contributed by atoms with Crippen LogP contribution < -0.4 is 5.56 Å². The van der Waals surface area contributed by atoms with Crippen molar-refractivity contribution in [3.05, 3.63) is 58.4 Å².